The largest absolute Gasteiger partial charge is 0.475 e. The Hall–Kier alpha value is -2.17. The van der Waals surface area contributed by atoms with Crippen LogP contribution in [-0.4, -0.2) is 21.0 Å². The Labute approximate surface area is 80.0 Å². The van der Waals surface area contributed by atoms with Gasteiger partial charge in [-0.15, -0.1) is 0 Å². The molecule has 2 heterocycles. The van der Waals surface area contributed by atoms with E-state index in [4.69, 9.17) is 5.11 Å². The van der Waals surface area contributed by atoms with Crippen molar-refractivity contribution < 1.29 is 14.3 Å². The molecule has 1 N–H and O–H groups in total. The van der Waals surface area contributed by atoms with Crippen LogP contribution < -0.4 is 0 Å². The fraction of sp³-hybridized carbons (Fsp3) is 0. The normalized spacial score (nSPS) is 8.57. The summed E-state index contributed by atoms with van der Waals surface area (Å²) in [6, 6.07) is 2.92. The number of carboxylic acids is 1. The van der Waals surface area contributed by atoms with Crippen molar-refractivity contribution in [1.29, 1.82) is 0 Å². The summed E-state index contributed by atoms with van der Waals surface area (Å²) in [6.45, 7) is 0. The highest BCUT2D eigenvalue weighted by Crippen LogP contribution is 1.97. The van der Waals surface area contributed by atoms with Gasteiger partial charge < -0.3 is 9.52 Å². The molecule has 5 heteroatoms. The number of aromatic nitrogens is 2. The lowest BCUT2D eigenvalue weighted by molar-refractivity contribution is 0.0662. The summed E-state index contributed by atoms with van der Waals surface area (Å²) >= 11 is 0. The Morgan fingerprint density at radius 2 is 1.79 bits per heavy atom. The number of hydrogen-bond donors (Lipinski definition) is 1. The Morgan fingerprint density at radius 1 is 1.21 bits per heavy atom. The SMILES string of the molecule is O=C(O)c1ccco1.c1cnccn1. The van der Waals surface area contributed by atoms with E-state index in [1.807, 2.05) is 0 Å². The standard InChI is InChI=1S/C5H4O3.C4H4N2/c6-5(7)4-2-1-3-8-4;1-2-6-4-3-5-1/h1-3H,(H,6,7);1-4H. The van der Waals surface area contributed by atoms with E-state index in [1.165, 1.54) is 18.4 Å². The summed E-state index contributed by atoms with van der Waals surface area (Å²) in [7, 11) is 0. The number of aromatic carboxylic acids is 1. The van der Waals surface area contributed by atoms with E-state index in [2.05, 4.69) is 14.4 Å². The molecule has 14 heavy (non-hydrogen) atoms. The van der Waals surface area contributed by atoms with Crippen LogP contribution >= 0.6 is 0 Å². The summed E-state index contributed by atoms with van der Waals surface area (Å²) in [4.78, 5) is 17.4. The van der Waals surface area contributed by atoms with E-state index in [0.29, 0.717) is 0 Å². The summed E-state index contributed by atoms with van der Waals surface area (Å²) in [6.07, 6.45) is 7.88. The molecule has 2 aromatic rings. The second-order valence-electron chi connectivity index (χ2n) is 2.18. The van der Waals surface area contributed by atoms with Crippen molar-refractivity contribution in [3.8, 4) is 0 Å². The Balaban J connectivity index is 0.000000146. The zero-order valence-electron chi connectivity index (χ0n) is 7.20. The van der Waals surface area contributed by atoms with Gasteiger partial charge in [0.05, 0.1) is 6.26 Å². The predicted molar refractivity (Wildman–Crippen MR) is 47.7 cm³/mol. The van der Waals surface area contributed by atoms with Crippen molar-refractivity contribution in [1.82, 2.24) is 9.97 Å². The van der Waals surface area contributed by atoms with E-state index >= 15 is 0 Å². The Bertz CT molecular complexity index is 332. The fourth-order valence-corrected chi connectivity index (χ4v) is 0.654. The number of rotatable bonds is 1. The molecule has 0 aromatic carbocycles. The molecule has 0 radical (unpaired) electrons. The molecule has 72 valence electrons. The lowest BCUT2D eigenvalue weighted by atomic mass is 10.5. The van der Waals surface area contributed by atoms with Gasteiger partial charge in [-0.1, -0.05) is 0 Å². The molecule has 0 spiro atoms. The third kappa shape index (κ3) is 3.48. The van der Waals surface area contributed by atoms with E-state index in [-0.39, 0.29) is 5.76 Å². The molecule has 0 aliphatic carbocycles. The topological polar surface area (TPSA) is 76.2 Å². The lowest BCUT2D eigenvalue weighted by Gasteiger charge is -1.79. The summed E-state index contributed by atoms with van der Waals surface area (Å²) in [5.41, 5.74) is 0. The zero-order chi connectivity index (χ0) is 10.2. The Morgan fingerprint density at radius 3 is 2.00 bits per heavy atom. The number of furan rings is 1. The molecular weight excluding hydrogens is 184 g/mol. The molecule has 2 rings (SSSR count). The second kappa shape index (κ2) is 5.47. The maximum absolute atomic E-state index is 9.97. The van der Waals surface area contributed by atoms with Gasteiger partial charge in [0.25, 0.3) is 0 Å². The van der Waals surface area contributed by atoms with Gasteiger partial charge in [-0.3, -0.25) is 9.97 Å². The minimum Gasteiger partial charge on any atom is -0.475 e. The number of nitrogens with zero attached hydrogens (tertiary/aromatic N) is 2. The minimum absolute atomic E-state index is 0.0231. The number of carboxylic acid groups (broad SMARTS) is 1. The van der Waals surface area contributed by atoms with Gasteiger partial charge in [-0.2, -0.15) is 0 Å². The predicted octanol–water partition coefficient (Wildman–Crippen LogP) is 1.45. The third-order valence-corrected chi connectivity index (χ3v) is 1.21. The van der Waals surface area contributed by atoms with Crippen LogP contribution in [0.2, 0.25) is 0 Å². The van der Waals surface area contributed by atoms with Crippen molar-refractivity contribution >= 4 is 5.97 Å². The molecule has 0 bridgehead atoms. The van der Waals surface area contributed by atoms with Crippen LogP contribution in [-0.2, 0) is 0 Å². The van der Waals surface area contributed by atoms with Gasteiger partial charge in [0.1, 0.15) is 0 Å². The van der Waals surface area contributed by atoms with Crippen LogP contribution in [0.15, 0.2) is 47.6 Å². The van der Waals surface area contributed by atoms with Crippen LogP contribution in [0.5, 0.6) is 0 Å². The van der Waals surface area contributed by atoms with Gasteiger partial charge >= 0.3 is 5.97 Å². The minimum atomic E-state index is -1.03. The summed E-state index contributed by atoms with van der Waals surface area (Å²) < 4.78 is 4.50. The molecule has 0 aliphatic rings. The average Bonchev–Trinajstić information content (AvgIpc) is 2.74. The number of carbonyl (C=O) groups is 1. The van der Waals surface area contributed by atoms with Gasteiger partial charge in [0, 0.05) is 24.8 Å². The number of hydrogen-bond acceptors (Lipinski definition) is 4. The first-order chi connectivity index (χ1) is 6.80. The van der Waals surface area contributed by atoms with Crippen molar-refractivity contribution in [2.45, 2.75) is 0 Å². The van der Waals surface area contributed by atoms with Crippen LogP contribution in [0.4, 0.5) is 0 Å². The first kappa shape index (κ1) is 9.91. The van der Waals surface area contributed by atoms with Crippen molar-refractivity contribution in [2.75, 3.05) is 0 Å². The maximum Gasteiger partial charge on any atom is 0.371 e. The van der Waals surface area contributed by atoms with E-state index in [1.54, 1.807) is 24.8 Å². The molecule has 0 unspecified atom stereocenters. The smallest absolute Gasteiger partial charge is 0.371 e. The highest BCUT2D eigenvalue weighted by molar-refractivity contribution is 5.84. The van der Waals surface area contributed by atoms with E-state index in [9.17, 15) is 4.79 Å². The molecule has 0 fully saturated rings. The van der Waals surface area contributed by atoms with Gasteiger partial charge in [0.2, 0.25) is 5.76 Å². The molecule has 0 saturated heterocycles. The van der Waals surface area contributed by atoms with Crippen molar-refractivity contribution in [3.63, 3.8) is 0 Å². The average molecular weight is 192 g/mol. The first-order valence-corrected chi connectivity index (χ1v) is 3.77. The first-order valence-electron chi connectivity index (χ1n) is 3.77. The third-order valence-electron chi connectivity index (χ3n) is 1.21. The van der Waals surface area contributed by atoms with Gasteiger partial charge in [-0.25, -0.2) is 4.79 Å². The van der Waals surface area contributed by atoms with Gasteiger partial charge in [0.15, 0.2) is 0 Å². The quantitative estimate of drug-likeness (QED) is 0.740. The molecular formula is C9H8N2O3. The van der Waals surface area contributed by atoms with Crippen molar-refractivity contribution in [3.05, 3.63) is 48.9 Å². The highest BCUT2D eigenvalue weighted by atomic mass is 16.4. The molecule has 0 saturated carbocycles. The summed E-state index contributed by atoms with van der Waals surface area (Å²) in [5.74, 6) is -1.06. The van der Waals surface area contributed by atoms with Crippen LogP contribution in [0.1, 0.15) is 10.6 Å². The zero-order valence-corrected chi connectivity index (χ0v) is 7.20. The van der Waals surface area contributed by atoms with E-state index < -0.39 is 5.97 Å². The van der Waals surface area contributed by atoms with Gasteiger partial charge in [-0.05, 0) is 12.1 Å². The Kier molecular flexibility index (Phi) is 3.87. The highest BCUT2D eigenvalue weighted by Gasteiger charge is 2.01. The second-order valence-corrected chi connectivity index (χ2v) is 2.18. The van der Waals surface area contributed by atoms with Crippen molar-refractivity contribution in [2.24, 2.45) is 0 Å². The molecule has 0 aliphatic heterocycles. The molecule has 5 nitrogen and oxygen atoms in total. The fourth-order valence-electron chi connectivity index (χ4n) is 0.654. The monoisotopic (exact) mass is 192 g/mol. The molecule has 0 atom stereocenters. The molecule has 0 amide bonds. The van der Waals surface area contributed by atoms with E-state index in [0.717, 1.165) is 0 Å². The van der Waals surface area contributed by atoms with Crippen LogP contribution in [0.3, 0.4) is 0 Å². The maximum atomic E-state index is 9.97. The molecule has 2 aromatic heterocycles. The van der Waals surface area contributed by atoms with Crippen LogP contribution in [0, 0.1) is 0 Å². The van der Waals surface area contributed by atoms with Crippen LogP contribution in [0.25, 0.3) is 0 Å². The lowest BCUT2D eigenvalue weighted by Crippen LogP contribution is -1.90. The summed E-state index contributed by atoms with van der Waals surface area (Å²) in [5, 5.41) is 8.18.